The quantitative estimate of drug-likeness (QED) is 0.685. The average molecular weight is 339 g/mol. The highest BCUT2D eigenvalue weighted by molar-refractivity contribution is 9.10. The molecule has 0 fully saturated rings. The van der Waals surface area contributed by atoms with Crippen molar-refractivity contribution < 1.29 is 14.7 Å². The van der Waals surface area contributed by atoms with Crippen molar-refractivity contribution in [1.82, 2.24) is 15.3 Å². The molecular weight excluding hydrogens is 328 g/mol. The van der Waals surface area contributed by atoms with E-state index in [1.54, 1.807) is 12.3 Å². The van der Waals surface area contributed by atoms with Gasteiger partial charge < -0.3 is 20.7 Å². The van der Waals surface area contributed by atoms with Crippen LogP contribution in [0.5, 0.6) is 0 Å². The molecule has 0 saturated heterocycles. The molecule has 0 radical (unpaired) electrons. The molecule has 2 aromatic rings. The highest BCUT2D eigenvalue weighted by atomic mass is 79.9. The maximum absolute atomic E-state index is 11.7. The smallest absolute Gasteiger partial charge is 0.335 e. The zero-order valence-electron chi connectivity index (χ0n) is 10.2. The first kappa shape index (κ1) is 14.1. The van der Waals surface area contributed by atoms with Crippen LogP contribution >= 0.6 is 15.9 Å². The number of nitrogens with zero attached hydrogens (tertiary/aromatic N) is 1. The Bertz CT molecular complexity index is 628. The maximum Gasteiger partial charge on any atom is 0.335 e. The molecule has 0 aliphatic rings. The number of H-pyrrole nitrogens is 1. The number of aromatic nitrogens is 2. The van der Waals surface area contributed by atoms with Gasteiger partial charge in [0.2, 0.25) is 0 Å². The number of halogens is 1. The van der Waals surface area contributed by atoms with Gasteiger partial charge in [0.1, 0.15) is 0 Å². The Balaban J connectivity index is 1.98. The Kier molecular flexibility index (Phi) is 4.36. The summed E-state index contributed by atoms with van der Waals surface area (Å²) in [6, 6.07) is 4.01. The van der Waals surface area contributed by atoms with Crippen LogP contribution in [0.3, 0.4) is 0 Å². The monoisotopic (exact) mass is 338 g/mol. The summed E-state index contributed by atoms with van der Waals surface area (Å²) in [6.45, 7) is 0.297. The molecule has 0 spiro atoms. The van der Waals surface area contributed by atoms with Crippen molar-refractivity contribution in [2.45, 2.75) is 6.54 Å². The lowest BCUT2D eigenvalue weighted by Crippen LogP contribution is -2.28. The summed E-state index contributed by atoms with van der Waals surface area (Å²) in [7, 11) is 0. The number of nitrogens with one attached hydrogen (secondary N) is 3. The highest BCUT2D eigenvalue weighted by Crippen LogP contribution is 2.19. The van der Waals surface area contributed by atoms with E-state index < -0.39 is 12.0 Å². The van der Waals surface area contributed by atoms with Gasteiger partial charge in [-0.3, -0.25) is 0 Å². The minimum Gasteiger partial charge on any atom is -0.478 e. The molecular formula is C12H11BrN4O3. The molecule has 1 heterocycles. The first-order valence-corrected chi connectivity index (χ1v) is 6.40. The number of aromatic amines is 1. The van der Waals surface area contributed by atoms with Crippen LogP contribution in [0.1, 0.15) is 16.1 Å². The van der Waals surface area contributed by atoms with E-state index in [-0.39, 0.29) is 5.56 Å². The molecule has 1 aromatic heterocycles. The first-order valence-electron chi connectivity index (χ1n) is 5.60. The number of carboxylic acid groups (broad SMARTS) is 1. The van der Waals surface area contributed by atoms with Gasteiger partial charge in [-0.25, -0.2) is 14.6 Å². The molecule has 8 heteroatoms. The van der Waals surface area contributed by atoms with Gasteiger partial charge in [0.15, 0.2) is 0 Å². The number of anilines is 1. The van der Waals surface area contributed by atoms with Crippen LogP contribution in [0.2, 0.25) is 0 Å². The third kappa shape index (κ3) is 3.82. The van der Waals surface area contributed by atoms with E-state index in [0.717, 1.165) is 5.69 Å². The van der Waals surface area contributed by atoms with Crippen molar-refractivity contribution in [2.75, 3.05) is 5.32 Å². The molecule has 0 atom stereocenters. The summed E-state index contributed by atoms with van der Waals surface area (Å²) < 4.78 is 0.571. The van der Waals surface area contributed by atoms with Crippen molar-refractivity contribution in [3.8, 4) is 0 Å². The third-order valence-electron chi connectivity index (χ3n) is 2.40. The fraction of sp³-hybridized carbons (Fsp3) is 0.0833. The normalized spacial score (nSPS) is 10.1. The average Bonchev–Trinajstić information content (AvgIpc) is 2.88. The predicted octanol–water partition coefficient (Wildman–Crippen LogP) is 2.19. The van der Waals surface area contributed by atoms with Gasteiger partial charge in [-0.05, 0) is 18.2 Å². The SMILES string of the molecule is O=C(NCc1cnc[nH]1)Nc1cc(Br)cc(C(=O)O)c1. The van der Waals surface area contributed by atoms with E-state index in [4.69, 9.17) is 5.11 Å². The number of hydrogen-bond acceptors (Lipinski definition) is 3. The molecule has 104 valence electrons. The Hall–Kier alpha value is -2.35. The van der Waals surface area contributed by atoms with Gasteiger partial charge in [-0.1, -0.05) is 15.9 Å². The van der Waals surface area contributed by atoms with E-state index in [2.05, 4.69) is 36.5 Å². The second kappa shape index (κ2) is 6.20. The number of rotatable bonds is 4. The van der Waals surface area contributed by atoms with Gasteiger partial charge in [0.05, 0.1) is 24.1 Å². The van der Waals surface area contributed by atoms with E-state index >= 15 is 0 Å². The number of aromatic carboxylic acids is 1. The van der Waals surface area contributed by atoms with Crippen molar-refractivity contribution in [3.63, 3.8) is 0 Å². The van der Waals surface area contributed by atoms with E-state index in [1.807, 2.05) is 0 Å². The van der Waals surface area contributed by atoms with Crippen molar-refractivity contribution in [3.05, 3.63) is 46.5 Å². The fourth-order valence-corrected chi connectivity index (χ4v) is 2.01. The van der Waals surface area contributed by atoms with Crippen molar-refractivity contribution in [1.29, 1.82) is 0 Å². The second-order valence-electron chi connectivity index (χ2n) is 3.92. The zero-order chi connectivity index (χ0) is 14.5. The molecule has 1 aromatic carbocycles. The second-order valence-corrected chi connectivity index (χ2v) is 4.83. The number of imidazole rings is 1. The minimum atomic E-state index is -1.06. The summed E-state index contributed by atoms with van der Waals surface area (Å²) in [5.41, 5.74) is 1.24. The number of urea groups is 1. The van der Waals surface area contributed by atoms with Crippen LogP contribution in [0.4, 0.5) is 10.5 Å². The maximum atomic E-state index is 11.7. The molecule has 0 unspecified atom stereocenters. The molecule has 20 heavy (non-hydrogen) atoms. The lowest BCUT2D eigenvalue weighted by molar-refractivity contribution is 0.0697. The van der Waals surface area contributed by atoms with Crippen molar-refractivity contribution >= 4 is 33.6 Å². The number of carboxylic acids is 1. The van der Waals surface area contributed by atoms with Crippen LogP contribution in [-0.2, 0) is 6.54 Å². The molecule has 7 nitrogen and oxygen atoms in total. The van der Waals surface area contributed by atoms with Gasteiger partial charge >= 0.3 is 12.0 Å². The summed E-state index contributed by atoms with van der Waals surface area (Å²) in [6.07, 6.45) is 3.12. The molecule has 0 saturated carbocycles. The van der Waals surface area contributed by atoms with Crippen LogP contribution in [-0.4, -0.2) is 27.1 Å². The number of amides is 2. The van der Waals surface area contributed by atoms with E-state index in [1.165, 1.54) is 18.5 Å². The summed E-state index contributed by atoms with van der Waals surface area (Å²) in [5, 5.41) is 14.1. The molecule has 2 amide bonds. The topological polar surface area (TPSA) is 107 Å². The van der Waals surface area contributed by atoms with E-state index in [0.29, 0.717) is 16.7 Å². The summed E-state index contributed by atoms with van der Waals surface area (Å²) in [5.74, 6) is -1.06. The Morgan fingerprint density at radius 2 is 2.15 bits per heavy atom. The number of carbonyl (C=O) groups excluding carboxylic acids is 1. The Morgan fingerprint density at radius 3 is 2.80 bits per heavy atom. The van der Waals surface area contributed by atoms with Gasteiger partial charge in [-0.15, -0.1) is 0 Å². The van der Waals surface area contributed by atoms with Gasteiger partial charge in [-0.2, -0.15) is 0 Å². The van der Waals surface area contributed by atoms with Gasteiger partial charge in [0, 0.05) is 16.4 Å². The lowest BCUT2D eigenvalue weighted by Gasteiger charge is -2.08. The molecule has 0 bridgehead atoms. The van der Waals surface area contributed by atoms with Crippen LogP contribution in [0, 0.1) is 0 Å². The molecule has 0 aliphatic heterocycles. The Labute approximate surface area is 122 Å². The molecule has 2 rings (SSSR count). The number of carbonyl (C=O) groups is 2. The molecule has 4 N–H and O–H groups in total. The van der Waals surface area contributed by atoms with Crippen molar-refractivity contribution in [2.24, 2.45) is 0 Å². The third-order valence-corrected chi connectivity index (χ3v) is 2.85. The highest BCUT2D eigenvalue weighted by Gasteiger charge is 2.08. The Morgan fingerprint density at radius 1 is 1.35 bits per heavy atom. The van der Waals surface area contributed by atoms with Gasteiger partial charge in [0.25, 0.3) is 0 Å². The standard InChI is InChI=1S/C12H11BrN4O3/c13-8-1-7(11(18)19)2-9(3-8)17-12(20)15-5-10-4-14-6-16-10/h1-4,6H,5H2,(H,14,16)(H,18,19)(H2,15,17,20). The number of benzene rings is 1. The summed E-state index contributed by atoms with van der Waals surface area (Å²) in [4.78, 5) is 29.3. The van der Waals surface area contributed by atoms with Crippen LogP contribution in [0.15, 0.2) is 35.2 Å². The predicted molar refractivity (Wildman–Crippen MR) is 75.5 cm³/mol. The molecule has 0 aliphatic carbocycles. The van der Waals surface area contributed by atoms with Crippen LogP contribution < -0.4 is 10.6 Å². The summed E-state index contributed by atoms with van der Waals surface area (Å²) >= 11 is 3.19. The first-order chi connectivity index (χ1) is 9.54. The number of hydrogen-bond donors (Lipinski definition) is 4. The largest absolute Gasteiger partial charge is 0.478 e. The fourth-order valence-electron chi connectivity index (χ4n) is 1.52. The lowest BCUT2D eigenvalue weighted by atomic mass is 10.2. The minimum absolute atomic E-state index is 0.0863. The zero-order valence-corrected chi connectivity index (χ0v) is 11.8. The van der Waals surface area contributed by atoms with E-state index in [9.17, 15) is 9.59 Å². The van der Waals surface area contributed by atoms with Crippen LogP contribution in [0.25, 0.3) is 0 Å².